The predicted octanol–water partition coefficient (Wildman–Crippen LogP) is 2.27. The Labute approximate surface area is 224 Å². The van der Waals surface area contributed by atoms with Crippen LogP contribution in [0.5, 0.6) is 11.5 Å². The van der Waals surface area contributed by atoms with Gasteiger partial charge in [-0.3, -0.25) is 9.80 Å². The summed E-state index contributed by atoms with van der Waals surface area (Å²) < 4.78 is 12.1. The summed E-state index contributed by atoms with van der Waals surface area (Å²) in [5.41, 5.74) is 1.36. The first kappa shape index (κ1) is 28.5. The van der Waals surface area contributed by atoms with Crippen LogP contribution in [0.25, 0.3) is 0 Å². The second kappa shape index (κ2) is 9.68. The Morgan fingerprint density at radius 2 is 1.97 bits per heavy atom. The van der Waals surface area contributed by atoms with E-state index in [0.717, 1.165) is 30.0 Å². The lowest BCUT2D eigenvalue weighted by molar-refractivity contribution is -0.136. The van der Waals surface area contributed by atoms with Gasteiger partial charge in [0.05, 0.1) is 5.54 Å². The first-order valence-electron chi connectivity index (χ1n) is 11.9. The van der Waals surface area contributed by atoms with Gasteiger partial charge in [0.1, 0.15) is 18.8 Å². The van der Waals surface area contributed by atoms with E-state index in [0.29, 0.717) is 17.5 Å². The summed E-state index contributed by atoms with van der Waals surface area (Å²) in [4.78, 5) is 29.0. The van der Waals surface area contributed by atoms with Gasteiger partial charge in [0.25, 0.3) is 5.91 Å². The monoisotopic (exact) mass is 542 g/mol. The molecule has 1 aromatic carbocycles. The minimum Gasteiger partial charge on any atom is -0.482 e. The number of carbonyl (C=O) groups is 2. The van der Waals surface area contributed by atoms with E-state index in [4.69, 9.17) is 15.3 Å². The van der Waals surface area contributed by atoms with E-state index < -0.39 is 29.7 Å². The van der Waals surface area contributed by atoms with Crippen molar-refractivity contribution < 1.29 is 24.2 Å². The molecular weight excluding hydrogens is 507 g/mol. The minimum absolute atomic E-state index is 0. The number of amides is 2. The van der Waals surface area contributed by atoms with Crippen molar-refractivity contribution in [1.82, 2.24) is 14.8 Å². The number of benzene rings is 1. The average molecular weight is 543 g/mol. The van der Waals surface area contributed by atoms with Gasteiger partial charge < -0.3 is 24.4 Å². The third-order valence-corrected chi connectivity index (χ3v) is 8.01. The molecule has 1 aromatic rings. The molecule has 36 heavy (non-hydrogen) atoms. The lowest BCUT2D eigenvalue weighted by atomic mass is 9.53. The predicted molar refractivity (Wildman–Crippen MR) is 140 cm³/mol. The van der Waals surface area contributed by atoms with Crippen LogP contribution in [0.15, 0.2) is 24.3 Å². The molecule has 11 heteroatoms. The second-order valence-electron chi connectivity index (χ2n) is 11.1. The van der Waals surface area contributed by atoms with E-state index in [-0.39, 0.29) is 42.7 Å². The van der Waals surface area contributed by atoms with Crippen LogP contribution >= 0.6 is 24.8 Å². The van der Waals surface area contributed by atoms with E-state index in [1.165, 1.54) is 17.5 Å². The number of nitrogens with two attached hydrogens (primary N) is 1. The SMILES string of the molecule is CN(CC(=O)N(N)C(C)(C)C)C(=O)Oc1ccc2c3c1O[C@H]1[C@@H](O)C=CC4C(C2)N(C)CC[C@@]341.Cl.Cl. The van der Waals surface area contributed by atoms with Gasteiger partial charge >= 0.3 is 6.09 Å². The molecule has 2 unspecified atom stereocenters. The van der Waals surface area contributed by atoms with E-state index in [2.05, 4.69) is 18.0 Å². The largest absolute Gasteiger partial charge is 0.482 e. The number of piperidine rings is 1. The average Bonchev–Trinajstić information content (AvgIpc) is 3.13. The molecule has 2 aliphatic heterocycles. The van der Waals surface area contributed by atoms with Crippen molar-refractivity contribution in [3.63, 3.8) is 0 Å². The summed E-state index contributed by atoms with van der Waals surface area (Å²) >= 11 is 0. The fourth-order valence-corrected chi connectivity index (χ4v) is 6.20. The van der Waals surface area contributed by atoms with Crippen LogP contribution in [0, 0.1) is 5.92 Å². The van der Waals surface area contributed by atoms with Crippen molar-refractivity contribution in [2.45, 2.75) is 62.8 Å². The number of ether oxygens (including phenoxy) is 2. The smallest absolute Gasteiger partial charge is 0.415 e. The number of carbonyl (C=O) groups excluding carboxylic acids is 2. The highest BCUT2D eigenvalue weighted by Crippen LogP contribution is 2.62. The van der Waals surface area contributed by atoms with Gasteiger partial charge in [-0.1, -0.05) is 18.2 Å². The summed E-state index contributed by atoms with van der Waals surface area (Å²) in [6.07, 6.45) is 3.92. The van der Waals surface area contributed by atoms with E-state index in [1.54, 1.807) is 6.07 Å². The van der Waals surface area contributed by atoms with E-state index in [1.807, 2.05) is 32.9 Å². The van der Waals surface area contributed by atoms with Crippen LogP contribution in [0.4, 0.5) is 4.79 Å². The molecule has 0 saturated carbocycles. The molecule has 9 nitrogen and oxygen atoms in total. The van der Waals surface area contributed by atoms with Gasteiger partial charge in [-0.25, -0.2) is 10.6 Å². The van der Waals surface area contributed by atoms with Crippen molar-refractivity contribution in [3.8, 4) is 11.5 Å². The van der Waals surface area contributed by atoms with Crippen LogP contribution in [0.3, 0.4) is 0 Å². The Hall–Kier alpha value is -2.04. The lowest BCUT2D eigenvalue weighted by Crippen LogP contribution is -2.64. The molecule has 4 aliphatic rings. The molecule has 0 radical (unpaired) electrons. The quantitative estimate of drug-likeness (QED) is 0.261. The standard InChI is InChI=1S/C25H34N4O5.2ClH/c1-24(2,3)29(26)19(31)13-28(5)23(32)33-18-9-6-14-12-16-15-7-8-17(30)22-25(15,10-11-27(16)4)20(14)21(18)34-22;;/h6-9,15-17,22,30H,10-13,26H2,1-5H3;2*1H/t15?,16?,17-,22-,25-;;/m0../s1. The Morgan fingerprint density at radius 1 is 1.28 bits per heavy atom. The number of rotatable bonds is 3. The summed E-state index contributed by atoms with van der Waals surface area (Å²) in [5.74, 6) is 6.59. The number of aliphatic hydroxyl groups excluding tert-OH is 1. The normalized spacial score (nSPS) is 29.2. The highest BCUT2D eigenvalue weighted by molar-refractivity contribution is 5.85. The molecule has 1 fully saturated rings. The lowest BCUT2D eigenvalue weighted by Gasteiger charge is -2.56. The molecule has 200 valence electrons. The Bertz CT molecular complexity index is 1080. The second-order valence-corrected chi connectivity index (χ2v) is 11.1. The van der Waals surface area contributed by atoms with Gasteiger partial charge in [0.15, 0.2) is 11.5 Å². The van der Waals surface area contributed by atoms with E-state index in [9.17, 15) is 14.7 Å². The molecule has 5 atom stereocenters. The summed E-state index contributed by atoms with van der Waals surface area (Å²) in [5, 5.41) is 12.0. The van der Waals surface area contributed by atoms with Crippen LogP contribution in [0.1, 0.15) is 38.3 Å². The van der Waals surface area contributed by atoms with Gasteiger partial charge in [0, 0.05) is 30.0 Å². The molecular formula is C25H36Cl2N4O5. The van der Waals surface area contributed by atoms with Gasteiger partial charge in [0.2, 0.25) is 0 Å². The van der Waals surface area contributed by atoms with Crippen molar-refractivity contribution in [3.05, 3.63) is 35.4 Å². The molecule has 2 aliphatic carbocycles. The fourth-order valence-electron chi connectivity index (χ4n) is 6.20. The Morgan fingerprint density at radius 3 is 2.64 bits per heavy atom. The number of halogens is 2. The Balaban J connectivity index is 0.00000180. The van der Waals surface area contributed by atoms with Crippen LogP contribution < -0.4 is 15.3 Å². The molecule has 3 N–H and O–H groups in total. The molecule has 2 heterocycles. The molecule has 0 aromatic heterocycles. The zero-order chi connectivity index (χ0) is 24.6. The highest BCUT2D eigenvalue weighted by atomic mass is 35.5. The number of hydrogen-bond donors (Lipinski definition) is 2. The number of likely N-dealkylation sites (N-methyl/N-ethyl adjacent to an activating group) is 2. The topological polar surface area (TPSA) is 109 Å². The summed E-state index contributed by atoms with van der Waals surface area (Å²) in [6, 6.07) is 4.11. The molecule has 2 bridgehead atoms. The molecule has 2 amide bonds. The van der Waals surface area contributed by atoms with Crippen LogP contribution in [-0.2, 0) is 16.6 Å². The van der Waals surface area contributed by atoms with E-state index >= 15 is 0 Å². The number of likely N-dealkylation sites (tertiary alicyclic amines) is 1. The molecule has 1 saturated heterocycles. The third kappa shape index (κ3) is 4.15. The van der Waals surface area contributed by atoms with Crippen LogP contribution in [0.2, 0.25) is 0 Å². The maximum atomic E-state index is 12.9. The fraction of sp³-hybridized carbons (Fsp3) is 0.600. The first-order chi connectivity index (χ1) is 15.9. The van der Waals surface area contributed by atoms with Crippen LogP contribution in [-0.4, -0.2) is 82.9 Å². The number of hydrazine groups is 1. The van der Waals surface area contributed by atoms with Crippen molar-refractivity contribution >= 4 is 36.8 Å². The van der Waals surface area contributed by atoms with Crippen molar-refractivity contribution in [2.24, 2.45) is 11.8 Å². The van der Waals surface area contributed by atoms with Gasteiger partial charge in [-0.15, -0.1) is 24.8 Å². The molecule has 1 spiro atoms. The maximum absolute atomic E-state index is 12.9. The Kier molecular flexibility index (Phi) is 7.68. The van der Waals surface area contributed by atoms with Gasteiger partial charge in [-0.2, -0.15) is 0 Å². The highest BCUT2D eigenvalue weighted by Gasteiger charge is 2.64. The number of nitrogens with zero attached hydrogens (tertiary/aromatic N) is 3. The van der Waals surface area contributed by atoms with Gasteiger partial charge in [-0.05, 0) is 58.8 Å². The summed E-state index contributed by atoms with van der Waals surface area (Å²) in [7, 11) is 3.65. The number of hydrogen-bond acceptors (Lipinski definition) is 7. The number of aliphatic hydroxyl groups is 1. The molecule has 5 rings (SSSR count). The van der Waals surface area contributed by atoms with Crippen molar-refractivity contribution in [2.75, 3.05) is 27.2 Å². The maximum Gasteiger partial charge on any atom is 0.415 e. The third-order valence-electron chi connectivity index (χ3n) is 8.01. The zero-order valence-electron chi connectivity index (χ0n) is 21.3. The minimum atomic E-state index is -0.726. The first-order valence-corrected chi connectivity index (χ1v) is 11.9. The van der Waals surface area contributed by atoms with Crippen molar-refractivity contribution in [1.29, 1.82) is 0 Å². The zero-order valence-corrected chi connectivity index (χ0v) is 22.9. The summed E-state index contributed by atoms with van der Waals surface area (Å²) in [6.45, 7) is 6.16.